The first-order chi connectivity index (χ1) is 8.17. The lowest BCUT2D eigenvalue weighted by molar-refractivity contribution is -0.115. The fourth-order valence-corrected chi connectivity index (χ4v) is 1.87. The second-order valence-corrected chi connectivity index (χ2v) is 4.88. The monoisotopic (exact) mass is 238 g/mol. The van der Waals surface area contributed by atoms with Crippen molar-refractivity contribution < 1.29 is 9.21 Å². The number of hydrogen-bond donors (Lipinski definition) is 1. The molecule has 1 heterocycles. The third-order valence-electron chi connectivity index (χ3n) is 3.19. The van der Waals surface area contributed by atoms with Crippen molar-refractivity contribution in [3.05, 3.63) is 18.4 Å². The van der Waals surface area contributed by atoms with Crippen molar-refractivity contribution in [3.63, 3.8) is 0 Å². The van der Waals surface area contributed by atoms with Crippen LogP contribution in [0.25, 0.3) is 0 Å². The lowest BCUT2D eigenvalue weighted by Gasteiger charge is -2.34. The Morgan fingerprint density at radius 2 is 2.29 bits per heavy atom. The van der Waals surface area contributed by atoms with E-state index in [1.54, 1.807) is 6.26 Å². The fraction of sp³-hybridized carbons (Fsp3) is 0.692. The van der Waals surface area contributed by atoms with Crippen LogP contribution in [0.3, 0.4) is 0 Å². The minimum atomic E-state index is 0.400. The molecule has 0 aromatic carbocycles. The normalized spacial score (nSPS) is 22.6. The molecule has 1 saturated carbocycles. The summed E-state index contributed by atoms with van der Waals surface area (Å²) in [5.74, 6) is 2.01. The Morgan fingerprint density at radius 1 is 1.59 bits per heavy atom. The van der Waals surface area contributed by atoms with Gasteiger partial charge in [0.25, 0.3) is 0 Å². The Hall–Kier alpha value is -1.16. The Kier molecular flexibility index (Phi) is 5.91. The molecule has 1 aliphatic rings. The number of carbonyl (C=O) groups is 1. The molecule has 1 aromatic heterocycles. The minimum Gasteiger partial charge on any atom is -0.451 e. The standard InChI is InChI=1S/C8H14O.C5H8N2O/c1-6(2)8-3-7(4-8)5-9;1-6-2-5-3-8-4-7-5/h5-8H,3-4H2,1-2H3;3-4,6H,2H2,1H3. The molecule has 4 heteroatoms. The number of oxazole rings is 1. The summed E-state index contributed by atoms with van der Waals surface area (Å²) >= 11 is 0. The zero-order valence-corrected chi connectivity index (χ0v) is 10.8. The van der Waals surface area contributed by atoms with E-state index in [1.165, 1.54) is 6.39 Å². The molecule has 0 amide bonds. The van der Waals surface area contributed by atoms with Gasteiger partial charge in [0.1, 0.15) is 12.5 Å². The van der Waals surface area contributed by atoms with Crippen LogP contribution in [-0.4, -0.2) is 18.3 Å². The molecule has 0 saturated heterocycles. The number of aldehydes is 1. The Morgan fingerprint density at radius 3 is 2.71 bits per heavy atom. The highest BCUT2D eigenvalue weighted by atomic mass is 16.3. The van der Waals surface area contributed by atoms with E-state index in [9.17, 15) is 4.79 Å². The van der Waals surface area contributed by atoms with E-state index in [1.807, 2.05) is 7.05 Å². The number of carbonyl (C=O) groups excluding carboxylic acids is 1. The summed E-state index contributed by atoms with van der Waals surface area (Å²) in [6, 6.07) is 0. The maximum atomic E-state index is 10.2. The van der Waals surface area contributed by atoms with Crippen LogP contribution in [0, 0.1) is 17.8 Å². The number of nitrogens with one attached hydrogen (secondary N) is 1. The van der Waals surface area contributed by atoms with Crippen molar-refractivity contribution in [2.45, 2.75) is 33.2 Å². The molecule has 0 aliphatic heterocycles. The van der Waals surface area contributed by atoms with Crippen LogP contribution < -0.4 is 5.32 Å². The predicted molar refractivity (Wildman–Crippen MR) is 66.4 cm³/mol. The molecular weight excluding hydrogens is 216 g/mol. The summed E-state index contributed by atoms with van der Waals surface area (Å²) in [5.41, 5.74) is 0.938. The molecule has 0 atom stereocenters. The van der Waals surface area contributed by atoms with Crippen LogP contribution in [0.15, 0.2) is 17.1 Å². The highest BCUT2D eigenvalue weighted by Gasteiger charge is 2.30. The molecule has 4 nitrogen and oxygen atoms in total. The van der Waals surface area contributed by atoms with E-state index in [0.717, 1.165) is 43.2 Å². The van der Waals surface area contributed by atoms with Crippen LogP contribution in [0.2, 0.25) is 0 Å². The second-order valence-electron chi connectivity index (χ2n) is 4.88. The molecule has 17 heavy (non-hydrogen) atoms. The van der Waals surface area contributed by atoms with E-state index in [0.29, 0.717) is 5.92 Å². The quantitative estimate of drug-likeness (QED) is 0.817. The van der Waals surface area contributed by atoms with E-state index in [4.69, 9.17) is 4.42 Å². The van der Waals surface area contributed by atoms with E-state index < -0.39 is 0 Å². The van der Waals surface area contributed by atoms with E-state index >= 15 is 0 Å². The van der Waals surface area contributed by atoms with Crippen LogP contribution in [0.5, 0.6) is 0 Å². The lowest BCUT2D eigenvalue weighted by atomic mass is 9.70. The van der Waals surface area contributed by atoms with Crippen LogP contribution in [0.4, 0.5) is 0 Å². The first-order valence-corrected chi connectivity index (χ1v) is 6.14. The summed E-state index contributed by atoms with van der Waals surface area (Å²) in [6.07, 6.45) is 6.42. The SMILES string of the molecule is CC(C)C1CC(C=O)C1.CNCc1cocn1. The van der Waals surface area contributed by atoms with Crippen molar-refractivity contribution in [2.24, 2.45) is 17.8 Å². The highest BCUT2D eigenvalue weighted by molar-refractivity contribution is 5.54. The Bertz CT molecular complexity index is 303. The van der Waals surface area contributed by atoms with Crippen molar-refractivity contribution in [1.82, 2.24) is 10.3 Å². The topological polar surface area (TPSA) is 55.1 Å². The van der Waals surface area contributed by atoms with Gasteiger partial charge in [-0.3, -0.25) is 0 Å². The molecule has 2 rings (SSSR count). The maximum Gasteiger partial charge on any atom is 0.180 e. The molecular formula is C13H22N2O2. The predicted octanol–water partition coefficient (Wildman–Crippen LogP) is 2.26. The summed E-state index contributed by atoms with van der Waals surface area (Å²) in [5, 5.41) is 2.95. The largest absolute Gasteiger partial charge is 0.451 e. The molecule has 1 N–H and O–H groups in total. The second kappa shape index (κ2) is 7.22. The summed E-state index contributed by atoms with van der Waals surface area (Å²) in [7, 11) is 1.87. The Labute approximate surface area is 103 Å². The average molecular weight is 238 g/mol. The zero-order chi connectivity index (χ0) is 12.7. The van der Waals surface area contributed by atoms with Gasteiger partial charge in [0, 0.05) is 12.5 Å². The van der Waals surface area contributed by atoms with Crippen molar-refractivity contribution in [2.75, 3.05) is 7.05 Å². The fourth-order valence-electron chi connectivity index (χ4n) is 1.87. The van der Waals surface area contributed by atoms with Gasteiger partial charge in [0.2, 0.25) is 0 Å². The van der Waals surface area contributed by atoms with Gasteiger partial charge < -0.3 is 14.5 Å². The smallest absolute Gasteiger partial charge is 0.180 e. The van der Waals surface area contributed by atoms with Gasteiger partial charge in [-0.25, -0.2) is 4.98 Å². The van der Waals surface area contributed by atoms with Crippen LogP contribution in [-0.2, 0) is 11.3 Å². The molecule has 0 unspecified atom stereocenters. The molecule has 0 radical (unpaired) electrons. The van der Waals surface area contributed by atoms with E-state index in [2.05, 4.69) is 24.1 Å². The third kappa shape index (κ3) is 4.69. The molecule has 0 bridgehead atoms. The van der Waals surface area contributed by atoms with Crippen molar-refractivity contribution >= 4 is 6.29 Å². The summed E-state index contributed by atoms with van der Waals surface area (Å²) in [4.78, 5) is 14.0. The van der Waals surface area contributed by atoms with Gasteiger partial charge in [0.15, 0.2) is 6.39 Å². The Balaban J connectivity index is 0.000000171. The maximum absolute atomic E-state index is 10.2. The highest BCUT2D eigenvalue weighted by Crippen LogP contribution is 2.37. The molecule has 0 spiro atoms. The van der Waals surface area contributed by atoms with Crippen LogP contribution in [0.1, 0.15) is 32.4 Å². The molecule has 1 aromatic rings. The average Bonchev–Trinajstić information content (AvgIpc) is 2.70. The first kappa shape index (κ1) is 13.9. The number of rotatable bonds is 4. The van der Waals surface area contributed by atoms with Gasteiger partial charge in [-0.2, -0.15) is 0 Å². The first-order valence-electron chi connectivity index (χ1n) is 6.14. The third-order valence-corrected chi connectivity index (χ3v) is 3.19. The number of aromatic nitrogens is 1. The molecule has 1 fully saturated rings. The molecule has 1 aliphatic carbocycles. The summed E-state index contributed by atoms with van der Waals surface area (Å²) in [6.45, 7) is 5.23. The van der Waals surface area contributed by atoms with Crippen molar-refractivity contribution in [3.8, 4) is 0 Å². The number of hydrogen-bond acceptors (Lipinski definition) is 4. The van der Waals surface area contributed by atoms with E-state index in [-0.39, 0.29) is 0 Å². The van der Waals surface area contributed by atoms with Gasteiger partial charge in [0.05, 0.1) is 5.69 Å². The minimum absolute atomic E-state index is 0.400. The summed E-state index contributed by atoms with van der Waals surface area (Å²) < 4.78 is 4.72. The van der Waals surface area contributed by atoms with Crippen molar-refractivity contribution in [1.29, 1.82) is 0 Å². The van der Waals surface area contributed by atoms with Gasteiger partial charge in [-0.15, -0.1) is 0 Å². The lowest BCUT2D eigenvalue weighted by Crippen LogP contribution is -2.28. The number of nitrogens with zero attached hydrogens (tertiary/aromatic N) is 1. The van der Waals surface area contributed by atoms with Gasteiger partial charge in [-0.05, 0) is 31.7 Å². The van der Waals surface area contributed by atoms with Gasteiger partial charge >= 0.3 is 0 Å². The van der Waals surface area contributed by atoms with Gasteiger partial charge in [-0.1, -0.05) is 13.8 Å². The van der Waals surface area contributed by atoms with Crippen LogP contribution >= 0.6 is 0 Å². The molecule has 96 valence electrons. The zero-order valence-electron chi connectivity index (χ0n) is 10.8.